The fraction of sp³-hybridized carbons (Fsp3) is 0.333. The SMILES string of the molecule is N#Cc1ccc(OC(C(=O)O)C2CC2)c(Cl)c1. The van der Waals surface area contributed by atoms with E-state index in [2.05, 4.69) is 0 Å². The van der Waals surface area contributed by atoms with Gasteiger partial charge in [0.25, 0.3) is 0 Å². The highest BCUT2D eigenvalue weighted by Gasteiger charge is 2.38. The molecule has 1 aromatic carbocycles. The third-order valence-corrected chi connectivity index (χ3v) is 2.90. The van der Waals surface area contributed by atoms with Gasteiger partial charge in [0.1, 0.15) is 5.75 Å². The molecule has 0 saturated heterocycles. The van der Waals surface area contributed by atoms with E-state index in [9.17, 15) is 4.79 Å². The van der Waals surface area contributed by atoms with Crippen LogP contribution in [0.1, 0.15) is 18.4 Å². The van der Waals surface area contributed by atoms with Crippen LogP contribution in [0.5, 0.6) is 5.75 Å². The summed E-state index contributed by atoms with van der Waals surface area (Å²) in [4.78, 5) is 11.0. The number of carbonyl (C=O) groups is 1. The Hall–Kier alpha value is -1.73. The van der Waals surface area contributed by atoms with Gasteiger partial charge in [0, 0.05) is 5.92 Å². The maximum absolute atomic E-state index is 11.0. The average Bonchev–Trinajstić information content (AvgIpc) is 3.10. The van der Waals surface area contributed by atoms with Gasteiger partial charge in [0.2, 0.25) is 0 Å². The molecule has 1 unspecified atom stereocenters. The molecule has 17 heavy (non-hydrogen) atoms. The van der Waals surface area contributed by atoms with Gasteiger partial charge >= 0.3 is 5.97 Å². The van der Waals surface area contributed by atoms with Crippen LogP contribution in [0.4, 0.5) is 0 Å². The number of hydrogen-bond acceptors (Lipinski definition) is 3. The first-order chi connectivity index (χ1) is 8.11. The van der Waals surface area contributed by atoms with Crippen molar-refractivity contribution in [3.63, 3.8) is 0 Å². The quantitative estimate of drug-likeness (QED) is 0.892. The molecule has 1 aromatic rings. The Balaban J connectivity index is 2.17. The standard InChI is InChI=1S/C12H10ClNO3/c13-9-5-7(6-14)1-4-10(9)17-11(12(15)16)8-2-3-8/h1,4-5,8,11H,2-3H2,(H,15,16). The minimum Gasteiger partial charge on any atom is -0.478 e. The van der Waals surface area contributed by atoms with Gasteiger partial charge in [-0.2, -0.15) is 5.26 Å². The first kappa shape index (κ1) is 11.7. The summed E-state index contributed by atoms with van der Waals surface area (Å²) < 4.78 is 5.39. The Kier molecular flexibility index (Phi) is 3.21. The molecule has 0 aromatic heterocycles. The molecule has 0 bridgehead atoms. The molecule has 2 rings (SSSR count). The number of aliphatic carboxylic acids is 1. The lowest BCUT2D eigenvalue weighted by Gasteiger charge is -2.15. The molecular formula is C12H10ClNO3. The van der Waals surface area contributed by atoms with Gasteiger partial charge in [-0.05, 0) is 31.0 Å². The van der Waals surface area contributed by atoms with Gasteiger partial charge < -0.3 is 9.84 Å². The average molecular weight is 252 g/mol. The van der Waals surface area contributed by atoms with E-state index in [1.165, 1.54) is 12.1 Å². The van der Waals surface area contributed by atoms with E-state index in [4.69, 9.17) is 26.7 Å². The summed E-state index contributed by atoms with van der Waals surface area (Å²) in [5, 5.41) is 18.0. The van der Waals surface area contributed by atoms with Crippen LogP contribution in [0.15, 0.2) is 18.2 Å². The maximum Gasteiger partial charge on any atom is 0.345 e. The van der Waals surface area contributed by atoms with Crippen molar-refractivity contribution in [1.29, 1.82) is 5.26 Å². The fourth-order valence-electron chi connectivity index (χ4n) is 1.55. The van der Waals surface area contributed by atoms with Crippen LogP contribution < -0.4 is 4.74 Å². The van der Waals surface area contributed by atoms with Crippen molar-refractivity contribution in [3.8, 4) is 11.8 Å². The fourth-order valence-corrected chi connectivity index (χ4v) is 1.78. The molecule has 0 spiro atoms. The summed E-state index contributed by atoms with van der Waals surface area (Å²) in [6.45, 7) is 0. The number of carboxylic acids is 1. The minimum atomic E-state index is -0.979. The predicted octanol–water partition coefficient (Wildman–Crippen LogP) is 2.45. The second-order valence-corrected chi connectivity index (χ2v) is 4.38. The van der Waals surface area contributed by atoms with E-state index in [0.29, 0.717) is 11.3 Å². The van der Waals surface area contributed by atoms with Crippen LogP contribution >= 0.6 is 11.6 Å². The van der Waals surface area contributed by atoms with Gasteiger partial charge in [0.15, 0.2) is 6.10 Å². The molecule has 88 valence electrons. The highest BCUT2D eigenvalue weighted by molar-refractivity contribution is 6.32. The number of carboxylic acid groups (broad SMARTS) is 1. The number of nitriles is 1. The van der Waals surface area contributed by atoms with Crippen molar-refractivity contribution in [2.24, 2.45) is 5.92 Å². The molecule has 0 aliphatic heterocycles. The lowest BCUT2D eigenvalue weighted by molar-refractivity contribution is -0.146. The second kappa shape index (κ2) is 4.64. The number of hydrogen-bond donors (Lipinski definition) is 1. The van der Waals surface area contributed by atoms with Crippen molar-refractivity contribution in [1.82, 2.24) is 0 Å². The second-order valence-electron chi connectivity index (χ2n) is 3.97. The van der Waals surface area contributed by atoms with Crippen LogP contribution in [0, 0.1) is 17.2 Å². The van der Waals surface area contributed by atoms with Crippen molar-refractivity contribution >= 4 is 17.6 Å². The summed E-state index contributed by atoms with van der Waals surface area (Å²) in [7, 11) is 0. The molecule has 1 N–H and O–H groups in total. The van der Waals surface area contributed by atoms with Gasteiger partial charge in [-0.25, -0.2) is 4.79 Å². The number of nitrogens with zero attached hydrogens (tertiary/aromatic N) is 1. The molecule has 1 aliphatic carbocycles. The molecule has 1 aliphatic rings. The van der Waals surface area contributed by atoms with E-state index >= 15 is 0 Å². The molecule has 0 radical (unpaired) electrons. The molecule has 1 saturated carbocycles. The van der Waals surface area contributed by atoms with Crippen LogP contribution in [-0.2, 0) is 4.79 Å². The number of halogens is 1. The lowest BCUT2D eigenvalue weighted by atomic mass is 10.2. The lowest BCUT2D eigenvalue weighted by Crippen LogP contribution is -2.29. The van der Waals surface area contributed by atoms with Crippen LogP contribution in [0.25, 0.3) is 0 Å². The molecule has 0 heterocycles. The molecule has 1 atom stereocenters. The van der Waals surface area contributed by atoms with Crippen molar-refractivity contribution < 1.29 is 14.6 Å². The maximum atomic E-state index is 11.0. The molecular weight excluding hydrogens is 242 g/mol. The number of rotatable bonds is 4. The molecule has 4 nitrogen and oxygen atoms in total. The third kappa shape index (κ3) is 2.69. The molecule has 1 fully saturated rings. The molecule has 0 amide bonds. The van der Waals surface area contributed by atoms with Gasteiger partial charge in [-0.1, -0.05) is 11.6 Å². The Morgan fingerprint density at radius 2 is 2.29 bits per heavy atom. The van der Waals surface area contributed by atoms with E-state index < -0.39 is 12.1 Å². The first-order valence-electron chi connectivity index (χ1n) is 5.21. The summed E-state index contributed by atoms with van der Waals surface area (Å²) in [5.41, 5.74) is 0.417. The highest BCUT2D eigenvalue weighted by Crippen LogP contribution is 2.36. The smallest absolute Gasteiger partial charge is 0.345 e. The first-order valence-corrected chi connectivity index (χ1v) is 5.58. The Labute approximate surface area is 103 Å². The zero-order valence-corrected chi connectivity index (χ0v) is 9.65. The zero-order chi connectivity index (χ0) is 12.4. The Bertz CT molecular complexity index is 491. The van der Waals surface area contributed by atoms with Gasteiger partial charge in [-0.3, -0.25) is 0 Å². The number of benzene rings is 1. The largest absolute Gasteiger partial charge is 0.478 e. The Morgan fingerprint density at radius 1 is 1.59 bits per heavy atom. The van der Waals surface area contributed by atoms with E-state index in [0.717, 1.165) is 12.8 Å². The van der Waals surface area contributed by atoms with Crippen LogP contribution in [-0.4, -0.2) is 17.2 Å². The van der Waals surface area contributed by atoms with Crippen molar-refractivity contribution in [2.45, 2.75) is 18.9 Å². The minimum absolute atomic E-state index is 0.0687. The van der Waals surface area contributed by atoms with Crippen LogP contribution in [0.2, 0.25) is 5.02 Å². The summed E-state index contributed by atoms with van der Waals surface area (Å²) >= 11 is 5.91. The monoisotopic (exact) mass is 251 g/mol. The van der Waals surface area contributed by atoms with Crippen molar-refractivity contribution in [2.75, 3.05) is 0 Å². The van der Waals surface area contributed by atoms with Gasteiger partial charge in [0.05, 0.1) is 16.7 Å². The van der Waals surface area contributed by atoms with E-state index in [1.807, 2.05) is 6.07 Å². The predicted molar refractivity (Wildman–Crippen MR) is 60.9 cm³/mol. The number of ether oxygens (including phenoxy) is 1. The molecule has 5 heteroatoms. The summed E-state index contributed by atoms with van der Waals surface area (Å²) in [6.07, 6.45) is 0.885. The third-order valence-electron chi connectivity index (χ3n) is 2.61. The van der Waals surface area contributed by atoms with E-state index in [1.54, 1.807) is 6.07 Å². The zero-order valence-electron chi connectivity index (χ0n) is 8.89. The topological polar surface area (TPSA) is 70.3 Å². The Morgan fingerprint density at radius 3 is 2.76 bits per heavy atom. The van der Waals surface area contributed by atoms with E-state index in [-0.39, 0.29) is 10.9 Å². The van der Waals surface area contributed by atoms with Crippen LogP contribution in [0.3, 0.4) is 0 Å². The summed E-state index contributed by atoms with van der Waals surface area (Å²) in [6, 6.07) is 6.49. The normalized spacial score (nSPS) is 16.0. The summed E-state index contributed by atoms with van der Waals surface area (Å²) in [5.74, 6) is -0.600. The highest BCUT2D eigenvalue weighted by atomic mass is 35.5. The van der Waals surface area contributed by atoms with Gasteiger partial charge in [-0.15, -0.1) is 0 Å². The van der Waals surface area contributed by atoms with Crippen molar-refractivity contribution in [3.05, 3.63) is 28.8 Å².